The minimum Gasteiger partial charge on any atom is -0.382 e. The lowest BCUT2D eigenvalue weighted by atomic mass is 10.1. The van der Waals surface area contributed by atoms with Crippen LogP contribution in [0.1, 0.15) is 11.4 Å². The van der Waals surface area contributed by atoms with Gasteiger partial charge < -0.3 is 11.5 Å². The molecule has 10 heteroatoms. The van der Waals surface area contributed by atoms with Crippen LogP contribution in [0, 0.1) is 5.82 Å². The van der Waals surface area contributed by atoms with Gasteiger partial charge in [-0.1, -0.05) is 36.4 Å². The molecule has 0 saturated carbocycles. The van der Waals surface area contributed by atoms with Crippen LogP contribution in [0.5, 0.6) is 0 Å². The van der Waals surface area contributed by atoms with Crippen molar-refractivity contribution < 1.29 is 4.39 Å². The van der Waals surface area contributed by atoms with Gasteiger partial charge >= 0.3 is 0 Å². The molecule has 0 aliphatic rings. The van der Waals surface area contributed by atoms with Gasteiger partial charge in [-0.3, -0.25) is 0 Å². The van der Waals surface area contributed by atoms with Gasteiger partial charge in [0, 0.05) is 12.6 Å². The first-order chi connectivity index (χ1) is 16.1. The molecule has 5 rings (SSSR count). The number of azo groups is 1. The Morgan fingerprint density at radius 3 is 2.30 bits per heavy atom. The van der Waals surface area contributed by atoms with Crippen LogP contribution in [0.15, 0.2) is 83.2 Å². The second kappa shape index (κ2) is 8.42. The number of nitrogen functional groups attached to an aromatic ring is 2. The average molecular weight is 439 g/mol. The second-order valence-corrected chi connectivity index (χ2v) is 7.17. The quantitative estimate of drug-likeness (QED) is 0.388. The van der Waals surface area contributed by atoms with Gasteiger partial charge in [-0.2, -0.15) is 10.2 Å². The maximum atomic E-state index is 14.2. The Kier molecular flexibility index (Phi) is 5.15. The van der Waals surface area contributed by atoms with E-state index in [-0.39, 0.29) is 35.4 Å². The van der Waals surface area contributed by atoms with Crippen molar-refractivity contribution in [2.24, 2.45) is 10.2 Å². The molecule has 0 unspecified atom stereocenters. The van der Waals surface area contributed by atoms with E-state index in [9.17, 15) is 4.39 Å². The molecular formula is C23H18FN9. The predicted molar refractivity (Wildman–Crippen MR) is 123 cm³/mol. The summed E-state index contributed by atoms with van der Waals surface area (Å²) in [5.41, 5.74) is 14.7. The van der Waals surface area contributed by atoms with E-state index in [2.05, 4.69) is 30.3 Å². The summed E-state index contributed by atoms with van der Waals surface area (Å²) in [4.78, 5) is 13.4. The zero-order valence-corrected chi connectivity index (χ0v) is 17.3. The number of hydrogen-bond acceptors (Lipinski definition) is 8. The molecule has 0 atom stereocenters. The van der Waals surface area contributed by atoms with Gasteiger partial charge in [0.05, 0.1) is 11.2 Å². The Morgan fingerprint density at radius 2 is 1.55 bits per heavy atom. The third kappa shape index (κ3) is 3.97. The van der Waals surface area contributed by atoms with E-state index in [0.717, 1.165) is 0 Å². The first-order valence-electron chi connectivity index (χ1n) is 10.1. The molecule has 0 fully saturated rings. The maximum Gasteiger partial charge on any atom is 0.184 e. The van der Waals surface area contributed by atoms with Gasteiger partial charge in [-0.05, 0) is 35.9 Å². The molecular weight excluding hydrogens is 421 g/mol. The summed E-state index contributed by atoms with van der Waals surface area (Å²) in [6.45, 7) is 0. The fourth-order valence-electron chi connectivity index (χ4n) is 3.38. The topological polar surface area (TPSA) is 133 Å². The number of halogens is 1. The molecule has 2 aromatic carbocycles. The van der Waals surface area contributed by atoms with Crippen molar-refractivity contribution in [2.45, 2.75) is 6.42 Å². The van der Waals surface area contributed by atoms with E-state index in [1.54, 1.807) is 47.1 Å². The van der Waals surface area contributed by atoms with Gasteiger partial charge in [0.2, 0.25) is 0 Å². The molecule has 9 nitrogen and oxygen atoms in total. The highest BCUT2D eigenvalue weighted by Gasteiger charge is 2.19. The van der Waals surface area contributed by atoms with Crippen LogP contribution in [-0.4, -0.2) is 24.6 Å². The van der Waals surface area contributed by atoms with Gasteiger partial charge in [-0.25, -0.2) is 23.9 Å². The second-order valence-electron chi connectivity index (χ2n) is 7.17. The lowest BCUT2D eigenvalue weighted by Gasteiger charge is -2.05. The van der Waals surface area contributed by atoms with Crippen molar-refractivity contribution in [3.05, 3.63) is 90.1 Å². The Hall–Kier alpha value is -4.73. The number of benzene rings is 2. The zero-order chi connectivity index (χ0) is 22.8. The van der Waals surface area contributed by atoms with Crippen LogP contribution in [0.2, 0.25) is 0 Å². The molecule has 5 aromatic rings. The van der Waals surface area contributed by atoms with E-state index in [1.165, 1.54) is 6.07 Å². The van der Waals surface area contributed by atoms with Gasteiger partial charge in [0.1, 0.15) is 17.3 Å². The van der Waals surface area contributed by atoms with Crippen molar-refractivity contribution in [1.82, 2.24) is 24.6 Å². The van der Waals surface area contributed by atoms with Crippen LogP contribution in [0.4, 0.5) is 27.4 Å². The fourth-order valence-corrected chi connectivity index (χ4v) is 3.38. The van der Waals surface area contributed by atoms with Gasteiger partial charge in [-0.15, -0.1) is 5.11 Å². The smallest absolute Gasteiger partial charge is 0.184 e. The Morgan fingerprint density at radius 1 is 0.818 bits per heavy atom. The van der Waals surface area contributed by atoms with Crippen molar-refractivity contribution in [1.29, 1.82) is 0 Å². The largest absolute Gasteiger partial charge is 0.382 e. The minimum atomic E-state index is -0.315. The first-order valence-corrected chi connectivity index (χ1v) is 10.1. The Balaban J connectivity index is 1.56. The summed E-state index contributed by atoms with van der Waals surface area (Å²) in [5, 5.41) is 12.6. The molecule has 0 amide bonds. The molecule has 0 spiro atoms. The monoisotopic (exact) mass is 439 g/mol. The van der Waals surface area contributed by atoms with Gasteiger partial charge in [0.15, 0.2) is 23.1 Å². The lowest BCUT2D eigenvalue weighted by molar-refractivity contribution is 0.611. The molecule has 4 N–H and O–H groups in total. The highest BCUT2D eigenvalue weighted by atomic mass is 19.1. The molecule has 0 aliphatic carbocycles. The Bertz CT molecular complexity index is 1460. The number of anilines is 2. The molecule has 0 radical (unpaired) electrons. The van der Waals surface area contributed by atoms with E-state index in [0.29, 0.717) is 28.3 Å². The van der Waals surface area contributed by atoms with Crippen molar-refractivity contribution in [3.8, 4) is 11.5 Å². The van der Waals surface area contributed by atoms with Crippen LogP contribution in [0.25, 0.3) is 17.0 Å². The molecule has 0 bridgehead atoms. The number of fused-ring (bicyclic) bond motifs is 1. The van der Waals surface area contributed by atoms with E-state index >= 15 is 0 Å². The number of hydrogen-bond donors (Lipinski definition) is 2. The van der Waals surface area contributed by atoms with Crippen LogP contribution in [0.3, 0.4) is 0 Å². The average Bonchev–Trinajstić information content (AvgIpc) is 3.19. The van der Waals surface area contributed by atoms with E-state index in [4.69, 9.17) is 11.5 Å². The normalized spacial score (nSPS) is 11.4. The number of imidazole rings is 1. The SMILES string of the molecule is Nc1nc(-c2nc(Cc3ccccc3F)n3ncccc23)nc(N)c1/N=N/c1ccccc1. The van der Waals surface area contributed by atoms with Crippen molar-refractivity contribution in [3.63, 3.8) is 0 Å². The number of aromatic nitrogens is 5. The summed E-state index contributed by atoms with van der Waals surface area (Å²) >= 11 is 0. The fraction of sp³-hybridized carbons (Fsp3) is 0.0435. The molecule has 0 aliphatic heterocycles. The highest BCUT2D eigenvalue weighted by molar-refractivity contribution is 5.78. The van der Waals surface area contributed by atoms with Crippen molar-refractivity contribution in [2.75, 3.05) is 11.5 Å². The van der Waals surface area contributed by atoms with E-state index in [1.807, 2.05) is 24.3 Å². The summed E-state index contributed by atoms with van der Waals surface area (Å²) in [6, 6.07) is 19.3. The van der Waals surface area contributed by atoms with Crippen molar-refractivity contribution >= 4 is 28.5 Å². The highest BCUT2D eigenvalue weighted by Crippen LogP contribution is 2.32. The molecule has 3 heterocycles. The van der Waals surface area contributed by atoms with Gasteiger partial charge in [0.25, 0.3) is 0 Å². The summed E-state index contributed by atoms with van der Waals surface area (Å²) < 4.78 is 15.8. The first kappa shape index (κ1) is 20.2. The zero-order valence-electron chi connectivity index (χ0n) is 17.3. The summed E-state index contributed by atoms with van der Waals surface area (Å²) in [7, 11) is 0. The molecule has 0 saturated heterocycles. The Labute approximate surface area is 187 Å². The predicted octanol–water partition coefficient (Wildman–Crippen LogP) is 4.50. The standard InChI is InChI=1S/C23H18FN9/c24-16-10-5-4-7-14(16)13-18-28-19(17-11-6-12-27-33(17)18)23-29-21(25)20(22(26)30-23)32-31-15-8-2-1-3-9-15/h1-12H,13H2,(H4,25,26,29,30)/b32-31+. The molecule has 162 valence electrons. The lowest BCUT2D eigenvalue weighted by Crippen LogP contribution is -2.02. The summed E-state index contributed by atoms with van der Waals surface area (Å²) in [6.07, 6.45) is 1.86. The molecule has 3 aromatic heterocycles. The third-order valence-electron chi connectivity index (χ3n) is 4.96. The molecule has 33 heavy (non-hydrogen) atoms. The maximum absolute atomic E-state index is 14.2. The number of nitrogens with two attached hydrogens (primary N) is 2. The summed E-state index contributed by atoms with van der Waals surface area (Å²) in [5.74, 6) is 0.564. The third-order valence-corrected chi connectivity index (χ3v) is 4.96. The van der Waals surface area contributed by atoms with Crippen LogP contribution >= 0.6 is 0 Å². The van der Waals surface area contributed by atoms with Crippen LogP contribution < -0.4 is 11.5 Å². The van der Waals surface area contributed by atoms with Crippen LogP contribution in [-0.2, 0) is 6.42 Å². The number of rotatable bonds is 5. The number of nitrogens with zero attached hydrogens (tertiary/aromatic N) is 7. The minimum absolute atomic E-state index is 0.0675. The van der Waals surface area contributed by atoms with E-state index < -0.39 is 0 Å².